The standard InChI is InChI=1S/C12H24/c1-4-7-9-11-12(6-3)10-8-5-2/h10H,4-9,11H2,1-3H3/b12-10-. The van der Waals surface area contributed by atoms with E-state index in [1.165, 1.54) is 44.9 Å². The molecule has 0 aliphatic carbocycles. The van der Waals surface area contributed by atoms with Crippen molar-refractivity contribution in [2.75, 3.05) is 0 Å². The zero-order valence-electron chi connectivity index (χ0n) is 9.03. The van der Waals surface area contributed by atoms with Crippen LogP contribution in [0.25, 0.3) is 0 Å². The van der Waals surface area contributed by atoms with Gasteiger partial charge in [-0.15, -0.1) is 0 Å². The van der Waals surface area contributed by atoms with Crippen LogP contribution in [0.1, 0.15) is 65.7 Å². The molecular weight excluding hydrogens is 144 g/mol. The van der Waals surface area contributed by atoms with Gasteiger partial charge in [0, 0.05) is 0 Å². The van der Waals surface area contributed by atoms with Gasteiger partial charge in [0.2, 0.25) is 0 Å². The van der Waals surface area contributed by atoms with Crippen LogP contribution in [0.4, 0.5) is 0 Å². The molecule has 0 aromatic heterocycles. The lowest BCUT2D eigenvalue weighted by Gasteiger charge is -2.03. The highest BCUT2D eigenvalue weighted by Gasteiger charge is 1.93. The Labute approximate surface area is 78.1 Å². The molecule has 0 aliphatic heterocycles. The van der Waals surface area contributed by atoms with Gasteiger partial charge in [0.15, 0.2) is 0 Å². The van der Waals surface area contributed by atoms with E-state index in [1.807, 2.05) is 0 Å². The Hall–Kier alpha value is -0.260. The first kappa shape index (κ1) is 11.7. The van der Waals surface area contributed by atoms with E-state index >= 15 is 0 Å². The molecule has 0 bridgehead atoms. The van der Waals surface area contributed by atoms with Crippen molar-refractivity contribution in [3.63, 3.8) is 0 Å². The highest BCUT2D eigenvalue weighted by atomic mass is 14.0. The Morgan fingerprint density at radius 3 is 2.25 bits per heavy atom. The Morgan fingerprint density at radius 2 is 1.75 bits per heavy atom. The molecule has 0 aromatic rings. The van der Waals surface area contributed by atoms with Crippen LogP contribution in [-0.4, -0.2) is 0 Å². The van der Waals surface area contributed by atoms with E-state index in [0.717, 1.165) is 0 Å². The van der Waals surface area contributed by atoms with Crippen molar-refractivity contribution in [1.82, 2.24) is 0 Å². The highest BCUT2D eigenvalue weighted by Crippen LogP contribution is 2.13. The fraction of sp³-hybridized carbons (Fsp3) is 0.833. The molecule has 72 valence electrons. The second-order valence-corrected chi connectivity index (χ2v) is 3.46. The van der Waals surface area contributed by atoms with Crippen LogP contribution in [0.3, 0.4) is 0 Å². The summed E-state index contributed by atoms with van der Waals surface area (Å²) in [6.45, 7) is 6.78. The molecule has 0 amide bonds. The Morgan fingerprint density at radius 1 is 1.00 bits per heavy atom. The van der Waals surface area contributed by atoms with E-state index in [1.54, 1.807) is 5.57 Å². The van der Waals surface area contributed by atoms with Crippen LogP contribution < -0.4 is 0 Å². The summed E-state index contributed by atoms with van der Waals surface area (Å²) in [6, 6.07) is 0. The molecule has 0 rings (SSSR count). The van der Waals surface area contributed by atoms with Crippen LogP contribution in [0.15, 0.2) is 11.6 Å². The SMILES string of the molecule is CCC/C=C(/CC)CCCCC. The molecule has 12 heavy (non-hydrogen) atoms. The number of rotatable bonds is 7. The quantitative estimate of drug-likeness (QED) is 0.382. The summed E-state index contributed by atoms with van der Waals surface area (Å²) in [4.78, 5) is 0. The molecule has 0 saturated carbocycles. The summed E-state index contributed by atoms with van der Waals surface area (Å²) in [5.41, 5.74) is 1.67. The minimum Gasteiger partial charge on any atom is -0.0854 e. The fourth-order valence-electron chi connectivity index (χ4n) is 1.37. The first-order valence-electron chi connectivity index (χ1n) is 5.53. The van der Waals surface area contributed by atoms with Gasteiger partial charge in [-0.25, -0.2) is 0 Å². The summed E-state index contributed by atoms with van der Waals surface area (Å²) >= 11 is 0. The van der Waals surface area contributed by atoms with Crippen LogP contribution in [0.5, 0.6) is 0 Å². The van der Waals surface area contributed by atoms with Crippen LogP contribution in [-0.2, 0) is 0 Å². The van der Waals surface area contributed by atoms with E-state index in [-0.39, 0.29) is 0 Å². The van der Waals surface area contributed by atoms with E-state index in [4.69, 9.17) is 0 Å². The highest BCUT2D eigenvalue weighted by molar-refractivity contribution is 5.00. The third-order valence-electron chi connectivity index (χ3n) is 2.28. The predicted octanol–water partition coefficient (Wildman–Crippen LogP) is 4.70. The van der Waals surface area contributed by atoms with Crippen molar-refractivity contribution in [3.8, 4) is 0 Å². The Bertz CT molecular complexity index is 111. The van der Waals surface area contributed by atoms with Crippen LogP contribution >= 0.6 is 0 Å². The van der Waals surface area contributed by atoms with Crippen molar-refractivity contribution in [3.05, 3.63) is 11.6 Å². The monoisotopic (exact) mass is 168 g/mol. The molecule has 0 nitrogen and oxygen atoms in total. The van der Waals surface area contributed by atoms with E-state index < -0.39 is 0 Å². The van der Waals surface area contributed by atoms with Gasteiger partial charge in [0.1, 0.15) is 0 Å². The zero-order chi connectivity index (χ0) is 9.23. The lowest BCUT2D eigenvalue weighted by Crippen LogP contribution is -1.83. The van der Waals surface area contributed by atoms with Crippen molar-refractivity contribution >= 4 is 0 Å². The maximum Gasteiger partial charge on any atom is -0.0320 e. The van der Waals surface area contributed by atoms with Crippen LogP contribution in [0, 0.1) is 0 Å². The minimum atomic E-state index is 1.25. The molecule has 0 unspecified atom stereocenters. The van der Waals surface area contributed by atoms with E-state index in [9.17, 15) is 0 Å². The molecule has 0 aliphatic rings. The molecule has 0 aromatic carbocycles. The molecule has 0 fully saturated rings. The van der Waals surface area contributed by atoms with Crippen molar-refractivity contribution in [1.29, 1.82) is 0 Å². The van der Waals surface area contributed by atoms with Gasteiger partial charge in [-0.05, 0) is 25.7 Å². The molecule has 0 N–H and O–H groups in total. The van der Waals surface area contributed by atoms with Crippen molar-refractivity contribution in [2.24, 2.45) is 0 Å². The van der Waals surface area contributed by atoms with Crippen molar-refractivity contribution in [2.45, 2.75) is 65.7 Å². The summed E-state index contributed by atoms with van der Waals surface area (Å²) in [6.07, 6.45) is 11.7. The minimum absolute atomic E-state index is 1.25. The van der Waals surface area contributed by atoms with Gasteiger partial charge in [-0.1, -0.05) is 51.7 Å². The van der Waals surface area contributed by atoms with Gasteiger partial charge in [-0.2, -0.15) is 0 Å². The number of unbranched alkanes of at least 4 members (excludes halogenated alkanes) is 3. The molecular formula is C12H24. The lowest BCUT2D eigenvalue weighted by atomic mass is 10.0. The predicted molar refractivity (Wildman–Crippen MR) is 57.4 cm³/mol. The topological polar surface area (TPSA) is 0 Å². The summed E-state index contributed by atoms with van der Waals surface area (Å²) < 4.78 is 0. The maximum atomic E-state index is 2.44. The lowest BCUT2D eigenvalue weighted by molar-refractivity contribution is 0.698. The first-order valence-corrected chi connectivity index (χ1v) is 5.53. The second kappa shape index (κ2) is 8.83. The van der Waals surface area contributed by atoms with Gasteiger partial charge in [0.05, 0.1) is 0 Å². The number of hydrogen-bond acceptors (Lipinski definition) is 0. The molecule has 0 radical (unpaired) electrons. The average Bonchev–Trinajstić information content (AvgIpc) is 2.11. The first-order chi connectivity index (χ1) is 5.85. The summed E-state index contributed by atoms with van der Waals surface area (Å²) in [5.74, 6) is 0. The average molecular weight is 168 g/mol. The second-order valence-electron chi connectivity index (χ2n) is 3.46. The molecule has 0 atom stereocenters. The summed E-state index contributed by atoms with van der Waals surface area (Å²) in [5, 5.41) is 0. The van der Waals surface area contributed by atoms with Gasteiger partial charge in [-0.3, -0.25) is 0 Å². The molecule has 0 spiro atoms. The summed E-state index contributed by atoms with van der Waals surface area (Å²) in [7, 11) is 0. The van der Waals surface area contributed by atoms with Gasteiger partial charge in [0.25, 0.3) is 0 Å². The van der Waals surface area contributed by atoms with E-state index in [0.29, 0.717) is 0 Å². The van der Waals surface area contributed by atoms with Crippen molar-refractivity contribution < 1.29 is 0 Å². The van der Waals surface area contributed by atoms with Gasteiger partial charge < -0.3 is 0 Å². The zero-order valence-corrected chi connectivity index (χ0v) is 9.03. The normalized spacial score (nSPS) is 12.1. The van der Waals surface area contributed by atoms with Crippen LogP contribution in [0.2, 0.25) is 0 Å². The smallest absolute Gasteiger partial charge is 0.0320 e. The van der Waals surface area contributed by atoms with E-state index in [2.05, 4.69) is 26.8 Å². The largest absolute Gasteiger partial charge is 0.0854 e. The number of allylic oxidation sites excluding steroid dienone is 2. The Balaban J connectivity index is 3.52. The maximum absolute atomic E-state index is 2.44. The molecule has 0 heterocycles. The third kappa shape index (κ3) is 6.45. The fourth-order valence-corrected chi connectivity index (χ4v) is 1.37. The Kier molecular flexibility index (Phi) is 8.64. The van der Waals surface area contributed by atoms with Gasteiger partial charge >= 0.3 is 0 Å². The molecule has 0 heteroatoms. The number of hydrogen-bond donors (Lipinski definition) is 0. The third-order valence-corrected chi connectivity index (χ3v) is 2.28. The molecule has 0 saturated heterocycles.